The van der Waals surface area contributed by atoms with Crippen LogP contribution in [0.5, 0.6) is 0 Å². The molecule has 5 unspecified atom stereocenters. The van der Waals surface area contributed by atoms with Crippen LogP contribution in [0, 0.1) is 0 Å². The Balaban J connectivity index is 0.000000441. The molecular weight excluding hydrogens is 334 g/mol. The van der Waals surface area contributed by atoms with Crippen molar-refractivity contribution in [2.75, 3.05) is 13.2 Å². The molecule has 1 saturated heterocycles. The molecule has 0 radical (unpaired) electrons. The molecule has 12 nitrogen and oxygen atoms in total. The summed E-state index contributed by atoms with van der Waals surface area (Å²) in [5, 5.41) is 79.6. The van der Waals surface area contributed by atoms with Crippen LogP contribution < -0.4 is 5.73 Å². The Morgan fingerprint density at radius 3 is 1.96 bits per heavy atom. The van der Waals surface area contributed by atoms with Crippen LogP contribution in [0.25, 0.3) is 0 Å². The van der Waals surface area contributed by atoms with E-state index >= 15 is 0 Å². The zero-order valence-electron chi connectivity index (χ0n) is 12.6. The zero-order valence-corrected chi connectivity index (χ0v) is 12.6. The van der Waals surface area contributed by atoms with Crippen molar-refractivity contribution < 1.29 is 55.5 Å². The van der Waals surface area contributed by atoms with E-state index in [1.807, 2.05) is 0 Å². The first kappa shape index (κ1) is 23.2. The van der Waals surface area contributed by atoms with E-state index in [2.05, 4.69) is 0 Å². The molecule has 0 aromatic heterocycles. The predicted octanol–water partition coefficient (Wildman–Crippen LogP) is -6.63. The maximum Gasteiger partial charge on any atom is 0.173 e. The molecule has 0 saturated carbocycles. The topological polar surface area (TPSA) is 234 Å². The van der Waals surface area contributed by atoms with E-state index in [-0.39, 0.29) is 6.29 Å². The maximum absolute atomic E-state index is 9.90. The number of aliphatic hydroxyl groups excluding tert-OH is 9. The van der Waals surface area contributed by atoms with Gasteiger partial charge in [-0.25, -0.2) is 0 Å². The number of hydrogen-bond acceptors (Lipinski definition) is 12. The molecule has 0 aromatic carbocycles. The summed E-state index contributed by atoms with van der Waals surface area (Å²) in [6, 6.07) is -1.04. The Labute approximate surface area is 137 Å². The summed E-state index contributed by atoms with van der Waals surface area (Å²) in [5.41, 5.74) is 5.26. The quantitative estimate of drug-likeness (QED) is 0.199. The highest BCUT2D eigenvalue weighted by molar-refractivity contribution is 5.56. The van der Waals surface area contributed by atoms with Gasteiger partial charge < -0.3 is 61.2 Å². The van der Waals surface area contributed by atoms with Crippen molar-refractivity contribution in [1.29, 1.82) is 0 Å². The van der Waals surface area contributed by atoms with Crippen LogP contribution in [0.1, 0.15) is 0 Å². The number of ether oxygens (including phenoxy) is 1. The number of carbonyl (C=O) groups is 1. The smallest absolute Gasteiger partial charge is 0.173 e. The minimum atomic E-state index is -1.79. The van der Waals surface area contributed by atoms with Crippen molar-refractivity contribution in [3.05, 3.63) is 0 Å². The number of hydrogen-bond donors (Lipinski definition) is 10. The minimum absolute atomic E-state index is 0.0258. The third-order valence-electron chi connectivity index (χ3n) is 3.37. The Bertz CT molecular complexity index is 355. The number of aliphatic hydroxyl groups is 9. The fourth-order valence-corrected chi connectivity index (χ4v) is 1.74. The summed E-state index contributed by atoms with van der Waals surface area (Å²) < 4.78 is 4.70. The van der Waals surface area contributed by atoms with Gasteiger partial charge in [0.1, 0.15) is 42.7 Å². The molecule has 144 valence electrons. The summed E-state index contributed by atoms with van der Waals surface area (Å²) in [7, 11) is 0. The molecule has 1 aliphatic rings. The molecule has 12 heteroatoms. The van der Waals surface area contributed by atoms with E-state index in [9.17, 15) is 15.0 Å². The standard InChI is InChI=1S/C6H13NO5.C6H12O6/c7-3-5(10)4(9)2(1-8)12-6(3)11;7-1-3(9)5(11)6(12)4(10)2-8/h2-6,8-11H,1,7H2;1,3-6,8-12H,2H2/t2-,3-,4+,5-,6?;/m1./s1. The third kappa shape index (κ3) is 6.27. The van der Waals surface area contributed by atoms with E-state index in [0.29, 0.717) is 0 Å². The fourth-order valence-electron chi connectivity index (χ4n) is 1.74. The summed E-state index contributed by atoms with van der Waals surface area (Å²) in [5.74, 6) is 0. The predicted molar refractivity (Wildman–Crippen MR) is 75.1 cm³/mol. The second kappa shape index (κ2) is 11.0. The van der Waals surface area contributed by atoms with Gasteiger partial charge in [0.05, 0.1) is 19.3 Å². The van der Waals surface area contributed by atoms with Gasteiger partial charge in [0.15, 0.2) is 12.6 Å². The molecule has 0 bridgehead atoms. The summed E-state index contributed by atoms with van der Waals surface area (Å²) >= 11 is 0. The summed E-state index contributed by atoms with van der Waals surface area (Å²) in [4.78, 5) is 9.90. The normalized spacial score (nSPS) is 35.2. The van der Waals surface area contributed by atoms with Crippen molar-refractivity contribution in [2.24, 2.45) is 5.73 Å². The van der Waals surface area contributed by atoms with Crippen LogP contribution in [-0.2, 0) is 9.53 Å². The van der Waals surface area contributed by atoms with Gasteiger partial charge in [-0.05, 0) is 0 Å². The Morgan fingerprint density at radius 2 is 1.54 bits per heavy atom. The number of aldehydes is 1. The van der Waals surface area contributed by atoms with Gasteiger partial charge in [-0.3, -0.25) is 0 Å². The SMILES string of the molecule is N[C@H]1C(O)O[C@H](CO)[C@H](O)[C@@H]1O.O=CC(O)C(O)C(O)C(O)CO. The lowest BCUT2D eigenvalue weighted by molar-refractivity contribution is -0.248. The van der Waals surface area contributed by atoms with Crippen molar-refractivity contribution in [1.82, 2.24) is 0 Å². The average molecular weight is 359 g/mol. The highest BCUT2D eigenvalue weighted by Gasteiger charge is 2.41. The molecule has 0 aliphatic carbocycles. The van der Waals surface area contributed by atoms with Gasteiger partial charge >= 0.3 is 0 Å². The van der Waals surface area contributed by atoms with Gasteiger partial charge in [-0.15, -0.1) is 0 Å². The first-order valence-corrected chi connectivity index (χ1v) is 6.96. The van der Waals surface area contributed by atoms with Gasteiger partial charge in [0, 0.05) is 0 Å². The second-order valence-electron chi connectivity index (χ2n) is 5.16. The van der Waals surface area contributed by atoms with Crippen LogP contribution in [-0.4, -0.2) is 121 Å². The Morgan fingerprint density at radius 1 is 1.00 bits per heavy atom. The molecule has 1 rings (SSSR count). The monoisotopic (exact) mass is 359 g/mol. The molecule has 0 spiro atoms. The van der Waals surface area contributed by atoms with Crippen LogP contribution in [0.15, 0.2) is 0 Å². The molecule has 1 aliphatic heterocycles. The third-order valence-corrected chi connectivity index (χ3v) is 3.37. The molecule has 11 N–H and O–H groups in total. The zero-order chi connectivity index (χ0) is 19.0. The minimum Gasteiger partial charge on any atom is -0.394 e. The lowest BCUT2D eigenvalue weighted by Gasteiger charge is -2.38. The van der Waals surface area contributed by atoms with Crippen LogP contribution in [0.4, 0.5) is 0 Å². The summed E-state index contributed by atoms with van der Waals surface area (Å²) in [6.45, 7) is -1.23. The first-order chi connectivity index (χ1) is 11.1. The fraction of sp³-hybridized carbons (Fsp3) is 0.917. The molecule has 24 heavy (non-hydrogen) atoms. The largest absolute Gasteiger partial charge is 0.394 e. The molecule has 1 heterocycles. The molecule has 9 atom stereocenters. The molecule has 0 amide bonds. The van der Waals surface area contributed by atoms with Crippen LogP contribution >= 0.6 is 0 Å². The van der Waals surface area contributed by atoms with E-state index < -0.39 is 68.3 Å². The van der Waals surface area contributed by atoms with Gasteiger partial charge in [-0.2, -0.15) is 0 Å². The first-order valence-electron chi connectivity index (χ1n) is 6.96. The van der Waals surface area contributed by atoms with Crippen molar-refractivity contribution in [3.8, 4) is 0 Å². The molecule has 1 fully saturated rings. The number of rotatable bonds is 6. The molecular formula is C12H25NO11. The Kier molecular flexibility index (Phi) is 10.6. The average Bonchev–Trinajstić information content (AvgIpc) is 2.60. The lowest BCUT2D eigenvalue weighted by atomic mass is 9.98. The van der Waals surface area contributed by atoms with Crippen LogP contribution in [0.3, 0.4) is 0 Å². The van der Waals surface area contributed by atoms with Crippen molar-refractivity contribution >= 4 is 6.29 Å². The Hall–Kier alpha value is -0.770. The molecule has 0 aromatic rings. The summed E-state index contributed by atoms with van der Waals surface area (Å²) in [6.07, 6.45) is -11.7. The van der Waals surface area contributed by atoms with Crippen molar-refractivity contribution in [2.45, 2.75) is 55.1 Å². The van der Waals surface area contributed by atoms with E-state index in [4.69, 9.17) is 46.2 Å². The highest BCUT2D eigenvalue weighted by Crippen LogP contribution is 2.17. The van der Waals surface area contributed by atoms with Gasteiger partial charge in [0.2, 0.25) is 0 Å². The lowest BCUT2D eigenvalue weighted by Crippen LogP contribution is -2.61. The second-order valence-corrected chi connectivity index (χ2v) is 5.16. The van der Waals surface area contributed by atoms with Gasteiger partial charge in [0.25, 0.3) is 0 Å². The van der Waals surface area contributed by atoms with E-state index in [0.717, 1.165) is 0 Å². The number of nitrogens with two attached hydrogens (primary N) is 1. The van der Waals surface area contributed by atoms with Crippen LogP contribution in [0.2, 0.25) is 0 Å². The van der Waals surface area contributed by atoms with E-state index in [1.165, 1.54) is 0 Å². The van der Waals surface area contributed by atoms with Crippen molar-refractivity contribution in [3.63, 3.8) is 0 Å². The van der Waals surface area contributed by atoms with Gasteiger partial charge in [-0.1, -0.05) is 0 Å². The maximum atomic E-state index is 9.90. The van der Waals surface area contributed by atoms with E-state index in [1.54, 1.807) is 0 Å². The highest BCUT2D eigenvalue weighted by atomic mass is 16.6. The number of carbonyl (C=O) groups excluding carboxylic acids is 1.